The summed E-state index contributed by atoms with van der Waals surface area (Å²) in [6, 6.07) is 10.7. The summed E-state index contributed by atoms with van der Waals surface area (Å²) in [6.07, 6.45) is 5.65. The van der Waals surface area contributed by atoms with Gasteiger partial charge in [-0.15, -0.1) is 0 Å². The first-order valence-corrected chi connectivity index (χ1v) is 5.28. The minimum Gasteiger partial charge on any atom is -0.297 e. The molecule has 0 aromatic heterocycles. The summed E-state index contributed by atoms with van der Waals surface area (Å²) in [6.45, 7) is 2.24. The van der Waals surface area contributed by atoms with Crippen molar-refractivity contribution >= 4 is 6.41 Å². The van der Waals surface area contributed by atoms with E-state index in [1.165, 1.54) is 31.2 Å². The zero-order valence-corrected chi connectivity index (χ0v) is 9.28. The highest BCUT2D eigenvalue weighted by Crippen LogP contribution is 2.05. The van der Waals surface area contributed by atoms with E-state index < -0.39 is 0 Å². The van der Waals surface area contributed by atoms with Gasteiger partial charge in [0.2, 0.25) is 6.41 Å². The van der Waals surface area contributed by atoms with Crippen LogP contribution in [0.15, 0.2) is 30.3 Å². The summed E-state index contributed by atoms with van der Waals surface area (Å²) in [5.74, 6) is 4.41. The van der Waals surface area contributed by atoms with E-state index in [9.17, 15) is 0 Å². The van der Waals surface area contributed by atoms with E-state index in [0.717, 1.165) is 0 Å². The lowest BCUT2D eigenvalue weighted by Gasteiger charge is -1.98. The van der Waals surface area contributed by atoms with E-state index in [-0.39, 0.29) is 0 Å². The molecule has 1 rings (SSSR count). The zero-order valence-electron chi connectivity index (χ0n) is 9.28. The molecule has 0 radical (unpaired) electrons. The van der Waals surface area contributed by atoms with Gasteiger partial charge in [-0.25, -0.2) is 5.84 Å². The van der Waals surface area contributed by atoms with E-state index in [1.54, 1.807) is 5.43 Å². The molecule has 0 unspecified atom stereocenters. The number of unbranched alkanes of at least 4 members (excludes halogenated alkanes) is 2. The Morgan fingerprint density at radius 2 is 1.87 bits per heavy atom. The van der Waals surface area contributed by atoms with E-state index in [4.69, 9.17) is 4.79 Å². The summed E-state index contributed by atoms with van der Waals surface area (Å²) in [5, 5.41) is 0. The predicted molar refractivity (Wildman–Crippen MR) is 63.1 cm³/mol. The molecule has 3 heteroatoms. The van der Waals surface area contributed by atoms with Gasteiger partial charge in [0.25, 0.3) is 0 Å². The second-order valence-electron chi connectivity index (χ2n) is 3.23. The molecule has 0 heterocycles. The number of aryl methyl sites for hydroxylation is 1. The first-order valence-electron chi connectivity index (χ1n) is 5.28. The number of amides is 1. The van der Waals surface area contributed by atoms with Crippen molar-refractivity contribution in [3.05, 3.63) is 35.9 Å². The molecule has 1 aromatic rings. The molecule has 0 aliphatic carbocycles. The summed E-state index contributed by atoms with van der Waals surface area (Å²) in [5.41, 5.74) is 3.22. The molecule has 0 fully saturated rings. The van der Waals surface area contributed by atoms with Gasteiger partial charge in [0.05, 0.1) is 0 Å². The molecule has 0 spiro atoms. The van der Waals surface area contributed by atoms with Crippen LogP contribution in [0.5, 0.6) is 0 Å². The number of benzene rings is 1. The van der Waals surface area contributed by atoms with Gasteiger partial charge < -0.3 is 0 Å². The van der Waals surface area contributed by atoms with Crippen molar-refractivity contribution < 1.29 is 4.79 Å². The van der Waals surface area contributed by atoms with Crippen molar-refractivity contribution in [3.8, 4) is 0 Å². The largest absolute Gasteiger partial charge is 0.297 e. The van der Waals surface area contributed by atoms with Crippen LogP contribution in [-0.2, 0) is 11.2 Å². The average molecular weight is 208 g/mol. The van der Waals surface area contributed by atoms with Crippen molar-refractivity contribution in [3.63, 3.8) is 0 Å². The molecular weight excluding hydrogens is 188 g/mol. The molecular formula is C12H20N2O. The number of hydrogen-bond acceptors (Lipinski definition) is 2. The maximum absolute atomic E-state index is 8.94. The molecule has 0 saturated carbocycles. The molecule has 15 heavy (non-hydrogen) atoms. The smallest absolute Gasteiger partial charge is 0.221 e. The van der Waals surface area contributed by atoms with E-state index in [2.05, 4.69) is 43.1 Å². The predicted octanol–water partition coefficient (Wildman–Crippen LogP) is 2.03. The Morgan fingerprint density at radius 3 is 2.33 bits per heavy atom. The first-order chi connectivity index (χ1) is 7.35. The fourth-order valence-electron chi connectivity index (χ4n) is 1.22. The number of rotatable bonds is 5. The number of hydrazine groups is 1. The highest BCUT2D eigenvalue weighted by molar-refractivity contribution is 5.44. The number of hydrogen-bond donors (Lipinski definition) is 2. The summed E-state index contributed by atoms with van der Waals surface area (Å²) in [7, 11) is 0. The van der Waals surface area contributed by atoms with Crippen molar-refractivity contribution in [1.82, 2.24) is 5.43 Å². The van der Waals surface area contributed by atoms with Crippen LogP contribution in [-0.4, -0.2) is 6.41 Å². The Morgan fingerprint density at radius 1 is 1.27 bits per heavy atom. The lowest BCUT2D eigenvalue weighted by molar-refractivity contribution is -0.109. The van der Waals surface area contributed by atoms with Crippen LogP contribution in [0.2, 0.25) is 0 Å². The maximum atomic E-state index is 8.94. The molecule has 3 nitrogen and oxygen atoms in total. The molecule has 0 aliphatic rings. The fraction of sp³-hybridized carbons (Fsp3) is 0.417. The van der Waals surface area contributed by atoms with Gasteiger partial charge in [-0.1, -0.05) is 50.1 Å². The van der Waals surface area contributed by atoms with Crippen molar-refractivity contribution in [2.24, 2.45) is 5.84 Å². The molecule has 0 atom stereocenters. The van der Waals surface area contributed by atoms with Crippen LogP contribution in [0.25, 0.3) is 0 Å². The van der Waals surface area contributed by atoms with Gasteiger partial charge >= 0.3 is 0 Å². The minimum absolute atomic E-state index is 0.403. The van der Waals surface area contributed by atoms with Gasteiger partial charge in [-0.05, 0) is 18.4 Å². The van der Waals surface area contributed by atoms with Gasteiger partial charge in [-0.3, -0.25) is 10.2 Å². The molecule has 3 N–H and O–H groups in total. The van der Waals surface area contributed by atoms with Crippen molar-refractivity contribution in [2.75, 3.05) is 0 Å². The monoisotopic (exact) mass is 208 g/mol. The third-order valence-electron chi connectivity index (χ3n) is 1.98. The standard InChI is InChI=1S/C11H16.CH4N2O/c1-2-3-5-8-11-9-6-4-7-10-11;2-3-1-4/h4,6-7,9-10H,2-3,5,8H2,1H3;1H,2H2,(H,3,4). The number of nitrogens with two attached hydrogens (primary N) is 1. The molecule has 0 bridgehead atoms. The van der Waals surface area contributed by atoms with Crippen LogP contribution in [0.4, 0.5) is 0 Å². The first kappa shape index (κ1) is 13.7. The van der Waals surface area contributed by atoms with E-state index in [0.29, 0.717) is 6.41 Å². The van der Waals surface area contributed by atoms with Crippen LogP contribution in [0.3, 0.4) is 0 Å². The zero-order chi connectivity index (χ0) is 11.4. The van der Waals surface area contributed by atoms with E-state index in [1.807, 2.05) is 0 Å². The van der Waals surface area contributed by atoms with Crippen molar-refractivity contribution in [1.29, 1.82) is 0 Å². The number of carbonyl (C=O) groups excluding carboxylic acids is 1. The number of nitrogens with one attached hydrogen (secondary N) is 1. The molecule has 1 amide bonds. The lowest BCUT2D eigenvalue weighted by Crippen LogP contribution is -2.18. The molecule has 84 valence electrons. The minimum atomic E-state index is 0.403. The van der Waals surface area contributed by atoms with Gasteiger partial charge in [0, 0.05) is 0 Å². The van der Waals surface area contributed by atoms with E-state index >= 15 is 0 Å². The maximum Gasteiger partial charge on any atom is 0.221 e. The SMILES string of the molecule is CCCCCc1ccccc1.NNC=O. The van der Waals surface area contributed by atoms with Crippen LogP contribution in [0.1, 0.15) is 31.7 Å². The van der Waals surface area contributed by atoms with Gasteiger partial charge in [-0.2, -0.15) is 0 Å². The number of carbonyl (C=O) groups is 1. The fourth-order valence-corrected chi connectivity index (χ4v) is 1.22. The molecule has 1 aromatic carbocycles. The van der Waals surface area contributed by atoms with Crippen LogP contribution < -0.4 is 11.3 Å². The topological polar surface area (TPSA) is 55.1 Å². The molecule has 0 saturated heterocycles. The van der Waals surface area contributed by atoms with Gasteiger partial charge in [0.15, 0.2) is 0 Å². The molecule has 0 aliphatic heterocycles. The normalized spacial score (nSPS) is 8.67. The summed E-state index contributed by atoms with van der Waals surface area (Å²) < 4.78 is 0. The second-order valence-corrected chi connectivity index (χ2v) is 3.23. The Hall–Kier alpha value is -1.35. The quantitative estimate of drug-likeness (QED) is 0.256. The third-order valence-corrected chi connectivity index (χ3v) is 1.98. The highest BCUT2D eigenvalue weighted by atomic mass is 16.1. The Balaban J connectivity index is 0.000000423. The highest BCUT2D eigenvalue weighted by Gasteiger charge is 1.89. The average Bonchev–Trinajstić information content (AvgIpc) is 2.31. The Labute approximate surface area is 91.6 Å². The second kappa shape index (κ2) is 10.7. The third kappa shape index (κ3) is 8.97. The Bertz CT molecular complexity index is 237. The van der Waals surface area contributed by atoms with Crippen LogP contribution >= 0.6 is 0 Å². The van der Waals surface area contributed by atoms with Crippen LogP contribution in [0, 0.1) is 0 Å². The van der Waals surface area contributed by atoms with Gasteiger partial charge in [0.1, 0.15) is 0 Å². The Kier molecular flexibility index (Phi) is 9.76. The summed E-state index contributed by atoms with van der Waals surface area (Å²) in [4.78, 5) is 8.94. The lowest BCUT2D eigenvalue weighted by atomic mass is 10.1. The summed E-state index contributed by atoms with van der Waals surface area (Å²) >= 11 is 0. The van der Waals surface area contributed by atoms with Crippen molar-refractivity contribution in [2.45, 2.75) is 32.6 Å².